The van der Waals surface area contributed by atoms with E-state index in [0.717, 1.165) is 18.2 Å². The summed E-state index contributed by atoms with van der Waals surface area (Å²) in [5.41, 5.74) is 0. The molecular formula is C18H25NO2. The van der Waals surface area contributed by atoms with Crippen molar-refractivity contribution in [3.63, 3.8) is 0 Å². The standard InChI is InChI=1S/C18H25NO2/c20-18(12-14-21-16-9-2-1-3-10-16)19-13-6-8-15-7-4-5-11-17(15)19/h1-3,9-10,15,17H,4-8,11-14H2. The van der Waals surface area contributed by atoms with Gasteiger partial charge in [0.1, 0.15) is 5.75 Å². The van der Waals surface area contributed by atoms with Crippen molar-refractivity contribution < 1.29 is 9.53 Å². The first kappa shape index (κ1) is 14.4. The van der Waals surface area contributed by atoms with Crippen LogP contribution < -0.4 is 4.74 Å². The Labute approximate surface area is 127 Å². The minimum atomic E-state index is 0.280. The Hall–Kier alpha value is -1.51. The van der Waals surface area contributed by atoms with E-state index in [1.165, 1.54) is 38.5 Å². The fraction of sp³-hybridized carbons (Fsp3) is 0.611. The molecule has 1 heterocycles. The lowest BCUT2D eigenvalue weighted by molar-refractivity contribution is -0.138. The molecule has 2 fully saturated rings. The zero-order chi connectivity index (χ0) is 14.5. The molecule has 2 unspecified atom stereocenters. The number of hydrogen-bond donors (Lipinski definition) is 0. The summed E-state index contributed by atoms with van der Waals surface area (Å²) in [5.74, 6) is 1.88. The van der Waals surface area contributed by atoms with Crippen LogP contribution in [0.2, 0.25) is 0 Å². The van der Waals surface area contributed by atoms with Gasteiger partial charge < -0.3 is 9.64 Å². The number of para-hydroxylation sites is 1. The smallest absolute Gasteiger partial charge is 0.226 e. The molecule has 1 aromatic rings. The molecule has 3 rings (SSSR count). The molecule has 21 heavy (non-hydrogen) atoms. The lowest BCUT2D eigenvalue weighted by atomic mass is 9.78. The van der Waals surface area contributed by atoms with Crippen molar-refractivity contribution in [2.24, 2.45) is 5.92 Å². The summed E-state index contributed by atoms with van der Waals surface area (Å²) in [7, 11) is 0. The van der Waals surface area contributed by atoms with Gasteiger partial charge in [-0.1, -0.05) is 31.0 Å². The number of benzene rings is 1. The Kier molecular flexibility index (Phi) is 4.79. The second kappa shape index (κ2) is 6.97. The van der Waals surface area contributed by atoms with Crippen LogP contribution in [0.15, 0.2) is 30.3 Å². The van der Waals surface area contributed by atoms with Crippen molar-refractivity contribution in [3.05, 3.63) is 30.3 Å². The maximum Gasteiger partial charge on any atom is 0.226 e. The molecule has 1 aliphatic heterocycles. The third-order valence-electron chi connectivity index (χ3n) is 4.89. The Bertz CT molecular complexity index is 458. The average molecular weight is 287 g/mol. The van der Waals surface area contributed by atoms with Crippen molar-refractivity contribution in [2.75, 3.05) is 13.2 Å². The number of ether oxygens (including phenoxy) is 1. The third-order valence-corrected chi connectivity index (χ3v) is 4.89. The molecule has 1 saturated carbocycles. The van der Waals surface area contributed by atoms with Crippen LogP contribution in [0.5, 0.6) is 5.75 Å². The molecule has 0 N–H and O–H groups in total. The average Bonchev–Trinajstić information content (AvgIpc) is 2.55. The highest BCUT2D eigenvalue weighted by Gasteiger charge is 2.35. The first-order valence-corrected chi connectivity index (χ1v) is 8.32. The molecule has 3 nitrogen and oxygen atoms in total. The molecule has 1 amide bonds. The maximum atomic E-state index is 12.5. The van der Waals surface area contributed by atoms with E-state index in [0.29, 0.717) is 19.1 Å². The fourth-order valence-electron chi connectivity index (χ4n) is 3.85. The van der Waals surface area contributed by atoms with E-state index < -0.39 is 0 Å². The van der Waals surface area contributed by atoms with Crippen molar-refractivity contribution in [1.29, 1.82) is 0 Å². The van der Waals surface area contributed by atoms with Gasteiger partial charge in [-0.25, -0.2) is 0 Å². The van der Waals surface area contributed by atoms with Gasteiger partial charge >= 0.3 is 0 Å². The van der Waals surface area contributed by atoms with Crippen LogP contribution >= 0.6 is 0 Å². The lowest BCUT2D eigenvalue weighted by Gasteiger charge is -2.44. The largest absolute Gasteiger partial charge is 0.493 e. The van der Waals surface area contributed by atoms with Gasteiger partial charge in [0.2, 0.25) is 5.91 Å². The van der Waals surface area contributed by atoms with Gasteiger partial charge in [-0.05, 0) is 43.7 Å². The normalized spacial score (nSPS) is 25.2. The van der Waals surface area contributed by atoms with Gasteiger partial charge in [0.15, 0.2) is 0 Å². The highest BCUT2D eigenvalue weighted by atomic mass is 16.5. The van der Waals surface area contributed by atoms with Crippen LogP contribution in [-0.2, 0) is 4.79 Å². The highest BCUT2D eigenvalue weighted by molar-refractivity contribution is 5.76. The summed E-state index contributed by atoms with van der Waals surface area (Å²) in [6.07, 6.45) is 8.14. The maximum absolute atomic E-state index is 12.5. The Morgan fingerprint density at radius 1 is 1.10 bits per heavy atom. The van der Waals surface area contributed by atoms with Gasteiger partial charge in [-0.3, -0.25) is 4.79 Å². The number of nitrogens with zero attached hydrogens (tertiary/aromatic N) is 1. The second-order valence-corrected chi connectivity index (χ2v) is 6.25. The monoisotopic (exact) mass is 287 g/mol. The van der Waals surface area contributed by atoms with E-state index in [4.69, 9.17) is 4.74 Å². The molecule has 1 saturated heterocycles. The topological polar surface area (TPSA) is 29.5 Å². The fourth-order valence-corrected chi connectivity index (χ4v) is 3.85. The first-order valence-electron chi connectivity index (χ1n) is 8.32. The van der Waals surface area contributed by atoms with E-state index in [9.17, 15) is 4.79 Å². The van der Waals surface area contributed by atoms with Crippen LogP contribution in [0.4, 0.5) is 0 Å². The van der Waals surface area contributed by atoms with Crippen molar-refractivity contribution >= 4 is 5.91 Å². The van der Waals surface area contributed by atoms with Gasteiger partial charge in [0, 0.05) is 12.6 Å². The van der Waals surface area contributed by atoms with E-state index in [1.807, 2.05) is 30.3 Å². The number of likely N-dealkylation sites (tertiary alicyclic amines) is 1. The number of hydrogen-bond acceptors (Lipinski definition) is 2. The molecule has 2 atom stereocenters. The Morgan fingerprint density at radius 2 is 1.86 bits per heavy atom. The Morgan fingerprint density at radius 3 is 2.71 bits per heavy atom. The Balaban J connectivity index is 1.50. The summed E-state index contributed by atoms with van der Waals surface area (Å²) in [6.45, 7) is 1.43. The molecule has 1 aliphatic carbocycles. The minimum Gasteiger partial charge on any atom is -0.493 e. The van der Waals surface area contributed by atoms with Crippen molar-refractivity contribution in [3.8, 4) is 5.75 Å². The van der Waals surface area contributed by atoms with Crippen molar-refractivity contribution in [1.82, 2.24) is 4.90 Å². The molecule has 3 heteroatoms. The summed E-state index contributed by atoms with van der Waals surface area (Å²) >= 11 is 0. The molecule has 114 valence electrons. The van der Waals surface area contributed by atoms with Gasteiger partial charge in [0.25, 0.3) is 0 Å². The number of fused-ring (bicyclic) bond motifs is 1. The van der Waals surface area contributed by atoms with Crippen LogP contribution in [0, 0.1) is 5.92 Å². The van der Waals surface area contributed by atoms with E-state index in [1.54, 1.807) is 0 Å². The van der Waals surface area contributed by atoms with E-state index in [-0.39, 0.29) is 5.91 Å². The van der Waals surface area contributed by atoms with E-state index in [2.05, 4.69) is 4.90 Å². The molecular weight excluding hydrogens is 262 g/mol. The summed E-state index contributed by atoms with van der Waals surface area (Å²) in [5, 5.41) is 0. The number of rotatable bonds is 4. The molecule has 0 radical (unpaired) electrons. The molecule has 2 aliphatic rings. The molecule has 1 aromatic carbocycles. The second-order valence-electron chi connectivity index (χ2n) is 6.25. The summed E-state index contributed by atoms with van der Waals surface area (Å²) in [6, 6.07) is 10.2. The quantitative estimate of drug-likeness (QED) is 0.846. The number of carbonyl (C=O) groups excluding carboxylic acids is 1. The number of carbonyl (C=O) groups is 1. The predicted molar refractivity (Wildman–Crippen MR) is 83.2 cm³/mol. The molecule has 0 bridgehead atoms. The van der Waals surface area contributed by atoms with Crippen molar-refractivity contribution in [2.45, 2.75) is 51.0 Å². The van der Waals surface area contributed by atoms with Crippen LogP contribution in [-0.4, -0.2) is 30.0 Å². The number of amides is 1. The lowest BCUT2D eigenvalue weighted by Crippen LogP contribution is -2.49. The summed E-state index contributed by atoms with van der Waals surface area (Å²) in [4.78, 5) is 14.6. The highest BCUT2D eigenvalue weighted by Crippen LogP contribution is 2.35. The predicted octanol–water partition coefficient (Wildman–Crippen LogP) is 3.64. The zero-order valence-corrected chi connectivity index (χ0v) is 12.7. The molecule has 0 aromatic heterocycles. The number of piperidine rings is 1. The van der Waals surface area contributed by atoms with Crippen LogP contribution in [0.1, 0.15) is 44.9 Å². The van der Waals surface area contributed by atoms with Gasteiger partial charge in [-0.15, -0.1) is 0 Å². The summed E-state index contributed by atoms with van der Waals surface area (Å²) < 4.78 is 5.66. The third kappa shape index (κ3) is 3.58. The van der Waals surface area contributed by atoms with Crippen LogP contribution in [0.25, 0.3) is 0 Å². The van der Waals surface area contributed by atoms with Gasteiger partial charge in [-0.2, -0.15) is 0 Å². The minimum absolute atomic E-state index is 0.280. The van der Waals surface area contributed by atoms with Crippen LogP contribution in [0.3, 0.4) is 0 Å². The SMILES string of the molecule is O=C(CCOc1ccccc1)N1CCCC2CCCCC21. The van der Waals surface area contributed by atoms with E-state index >= 15 is 0 Å². The molecule has 0 spiro atoms. The zero-order valence-electron chi connectivity index (χ0n) is 12.7. The first-order chi connectivity index (χ1) is 10.3. The van der Waals surface area contributed by atoms with Gasteiger partial charge in [0.05, 0.1) is 13.0 Å².